The highest BCUT2D eigenvalue weighted by Gasteiger charge is 1.97. The second-order valence-corrected chi connectivity index (χ2v) is 2.51. The van der Waals surface area contributed by atoms with E-state index in [2.05, 4.69) is 10.2 Å². The summed E-state index contributed by atoms with van der Waals surface area (Å²) in [7, 11) is 0. The molecule has 4 heteroatoms. The molecule has 2 aromatic rings. The third-order valence-corrected chi connectivity index (χ3v) is 1.68. The molecular formula is C7H8N4. The Kier molecular flexibility index (Phi) is 1.09. The second kappa shape index (κ2) is 1.95. The lowest BCUT2D eigenvalue weighted by molar-refractivity contribution is 1.10. The van der Waals surface area contributed by atoms with Crippen LogP contribution >= 0.6 is 0 Å². The minimum absolute atomic E-state index is 0.761. The van der Waals surface area contributed by atoms with E-state index in [1.807, 2.05) is 19.2 Å². The van der Waals surface area contributed by atoms with E-state index < -0.39 is 0 Å². The van der Waals surface area contributed by atoms with Gasteiger partial charge >= 0.3 is 0 Å². The summed E-state index contributed by atoms with van der Waals surface area (Å²) < 4.78 is 1.79. The maximum absolute atomic E-state index is 5.67. The van der Waals surface area contributed by atoms with Gasteiger partial charge in [0.15, 0.2) is 5.65 Å². The molecule has 0 amide bonds. The molecule has 2 rings (SSSR count). The fourth-order valence-corrected chi connectivity index (χ4v) is 0.983. The van der Waals surface area contributed by atoms with Crippen molar-refractivity contribution in [2.24, 2.45) is 0 Å². The third kappa shape index (κ3) is 0.832. The van der Waals surface area contributed by atoms with Crippen molar-refractivity contribution >= 4 is 11.3 Å². The van der Waals surface area contributed by atoms with Crippen molar-refractivity contribution in [3.05, 3.63) is 24.2 Å². The van der Waals surface area contributed by atoms with E-state index in [1.54, 1.807) is 10.7 Å². The van der Waals surface area contributed by atoms with E-state index in [9.17, 15) is 0 Å². The maximum atomic E-state index is 5.67. The average molecular weight is 148 g/mol. The minimum atomic E-state index is 0.761. The molecule has 0 atom stereocenters. The highest BCUT2D eigenvalue weighted by Crippen LogP contribution is 2.11. The van der Waals surface area contributed by atoms with Gasteiger partial charge in [-0.2, -0.15) is 0 Å². The molecule has 0 bridgehead atoms. The molecule has 4 nitrogen and oxygen atoms in total. The molecule has 2 heterocycles. The Bertz CT molecular complexity index is 354. The van der Waals surface area contributed by atoms with Gasteiger partial charge in [0.2, 0.25) is 0 Å². The van der Waals surface area contributed by atoms with Crippen LogP contribution in [-0.2, 0) is 0 Å². The van der Waals surface area contributed by atoms with E-state index in [1.165, 1.54) is 0 Å². The molecule has 0 aliphatic heterocycles. The van der Waals surface area contributed by atoms with Crippen molar-refractivity contribution < 1.29 is 0 Å². The Morgan fingerprint density at radius 2 is 2.36 bits per heavy atom. The summed E-state index contributed by atoms with van der Waals surface area (Å²) in [4.78, 5) is 0. The highest BCUT2D eigenvalue weighted by atomic mass is 15.2. The van der Waals surface area contributed by atoms with Crippen LogP contribution in [0.15, 0.2) is 18.6 Å². The van der Waals surface area contributed by atoms with Crippen LogP contribution in [0.25, 0.3) is 5.65 Å². The first-order valence-corrected chi connectivity index (χ1v) is 3.33. The normalized spacial score (nSPS) is 10.6. The largest absolute Gasteiger partial charge is 0.397 e. The summed E-state index contributed by atoms with van der Waals surface area (Å²) in [6.45, 7) is 1.95. The van der Waals surface area contributed by atoms with Crippen LogP contribution < -0.4 is 5.73 Å². The molecular weight excluding hydrogens is 140 g/mol. The number of pyridine rings is 1. The standard InChI is InChI=1S/C7H8N4/c1-5-2-7-10-9-4-11(7)3-6(5)8/h2-4H,8H2,1H3. The summed E-state index contributed by atoms with van der Waals surface area (Å²) in [6, 6.07) is 1.91. The minimum Gasteiger partial charge on any atom is -0.397 e. The van der Waals surface area contributed by atoms with Crippen molar-refractivity contribution in [3.63, 3.8) is 0 Å². The molecule has 2 aromatic heterocycles. The van der Waals surface area contributed by atoms with Crippen LogP contribution in [0.3, 0.4) is 0 Å². The summed E-state index contributed by atoms with van der Waals surface area (Å²) in [5.41, 5.74) is 8.29. The number of rotatable bonds is 0. The molecule has 0 saturated carbocycles. The summed E-state index contributed by atoms with van der Waals surface area (Å²) >= 11 is 0. The Balaban J connectivity index is 2.86. The predicted molar refractivity (Wildman–Crippen MR) is 42.1 cm³/mol. The van der Waals surface area contributed by atoms with Crippen LogP contribution in [0.5, 0.6) is 0 Å². The maximum Gasteiger partial charge on any atom is 0.160 e. The molecule has 0 fully saturated rings. The average Bonchev–Trinajstić information content (AvgIpc) is 2.36. The molecule has 2 N–H and O–H groups in total. The Hall–Kier alpha value is -1.58. The number of nitrogens with zero attached hydrogens (tertiary/aromatic N) is 3. The first kappa shape index (κ1) is 6.15. The van der Waals surface area contributed by atoms with Crippen LogP contribution in [0, 0.1) is 6.92 Å². The number of nitrogens with two attached hydrogens (primary N) is 1. The number of aryl methyl sites for hydroxylation is 1. The first-order valence-electron chi connectivity index (χ1n) is 3.33. The predicted octanol–water partition coefficient (Wildman–Crippen LogP) is 0.620. The number of fused-ring (bicyclic) bond motifs is 1. The van der Waals surface area contributed by atoms with Gasteiger partial charge in [-0.1, -0.05) is 0 Å². The van der Waals surface area contributed by atoms with Crippen molar-refractivity contribution in [1.29, 1.82) is 0 Å². The molecule has 0 unspecified atom stereocenters. The van der Waals surface area contributed by atoms with Gasteiger partial charge in [0.05, 0.1) is 5.69 Å². The van der Waals surface area contributed by atoms with E-state index in [0.29, 0.717) is 0 Å². The van der Waals surface area contributed by atoms with Gasteiger partial charge in [0, 0.05) is 6.20 Å². The molecule has 0 saturated heterocycles. The van der Waals surface area contributed by atoms with E-state index >= 15 is 0 Å². The fourth-order valence-electron chi connectivity index (χ4n) is 0.983. The lowest BCUT2D eigenvalue weighted by Crippen LogP contribution is -1.93. The van der Waals surface area contributed by atoms with Crippen LogP contribution in [0.2, 0.25) is 0 Å². The van der Waals surface area contributed by atoms with Gasteiger partial charge in [0.25, 0.3) is 0 Å². The Morgan fingerprint density at radius 1 is 1.55 bits per heavy atom. The van der Waals surface area contributed by atoms with Gasteiger partial charge in [-0.3, -0.25) is 4.40 Å². The van der Waals surface area contributed by atoms with E-state index in [4.69, 9.17) is 5.73 Å². The molecule has 0 aliphatic rings. The lowest BCUT2D eigenvalue weighted by Gasteiger charge is -1.98. The quantitative estimate of drug-likeness (QED) is 0.595. The summed E-state index contributed by atoms with van der Waals surface area (Å²) in [5.74, 6) is 0. The van der Waals surface area contributed by atoms with Crippen LogP contribution in [0.4, 0.5) is 5.69 Å². The van der Waals surface area contributed by atoms with Gasteiger partial charge in [-0.05, 0) is 18.6 Å². The first-order chi connectivity index (χ1) is 5.27. The van der Waals surface area contributed by atoms with Gasteiger partial charge in [-0.25, -0.2) is 0 Å². The molecule has 0 radical (unpaired) electrons. The molecule has 0 spiro atoms. The van der Waals surface area contributed by atoms with E-state index in [-0.39, 0.29) is 0 Å². The summed E-state index contributed by atoms with van der Waals surface area (Å²) in [6.07, 6.45) is 3.44. The molecule has 56 valence electrons. The van der Waals surface area contributed by atoms with Crippen LogP contribution in [-0.4, -0.2) is 14.6 Å². The zero-order valence-corrected chi connectivity index (χ0v) is 6.15. The number of aromatic nitrogens is 3. The van der Waals surface area contributed by atoms with Crippen LogP contribution in [0.1, 0.15) is 5.56 Å². The SMILES string of the molecule is Cc1cc2nncn2cc1N. The lowest BCUT2D eigenvalue weighted by atomic mass is 10.2. The molecule has 0 aliphatic carbocycles. The van der Waals surface area contributed by atoms with Crippen molar-refractivity contribution in [3.8, 4) is 0 Å². The summed E-state index contributed by atoms with van der Waals surface area (Å²) in [5, 5.41) is 7.62. The third-order valence-electron chi connectivity index (χ3n) is 1.68. The highest BCUT2D eigenvalue weighted by molar-refractivity contribution is 5.52. The zero-order valence-electron chi connectivity index (χ0n) is 6.15. The topological polar surface area (TPSA) is 56.2 Å². The Labute approximate surface area is 63.7 Å². The molecule has 11 heavy (non-hydrogen) atoms. The number of anilines is 1. The van der Waals surface area contributed by atoms with Gasteiger partial charge in [-0.15, -0.1) is 10.2 Å². The molecule has 0 aromatic carbocycles. The number of hydrogen-bond donors (Lipinski definition) is 1. The van der Waals surface area contributed by atoms with E-state index in [0.717, 1.165) is 16.9 Å². The second-order valence-electron chi connectivity index (χ2n) is 2.51. The number of nitrogen functional groups attached to an aromatic ring is 1. The zero-order chi connectivity index (χ0) is 7.84. The van der Waals surface area contributed by atoms with Crippen molar-refractivity contribution in [2.45, 2.75) is 6.92 Å². The smallest absolute Gasteiger partial charge is 0.160 e. The van der Waals surface area contributed by atoms with Crippen molar-refractivity contribution in [1.82, 2.24) is 14.6 Å². The Morgan fingerprint density at radius 3 is 3.18 bits per heavy atom. The van der Waals surface area contributed by atoms with Gasteiger partial charge < -0.3 is 5.73 Å². The monoisotopic (exact) mass is 148 g/mol. The van der Waals surface area contributed by atoms with Gasteiger partial charge in [0.1, 0.15) is 6.33 Å². The fraction of sp³-hybridized carbons (Fsp3) is 0.143. The number of hydrogen-bond acceptors (Lipinski definition) is 3. The van der Waals surface area contributed by atoms with Crippen molar-refractivity contribution in [2.75, 3.05) is 5.73 Å².